The molecule has 3 aromatic rings. The first-order valence-corrected chi connectivity index (χ1v) is 7.76. The Bertz CT molecular complexity index is 876. The maximum atomic E-state index is 12.6. The minimum atomic E-state index is -0.607. The van der Waals surface area contributed by atoms with E-state index in [9.17, 15) is 9.90 Å². The van der Waals surface area contributed by atoms with Crippen molar-refractivity contribution in [1.29, 1.82) is 0 Å². The van der Waals surface area contributed by atoms with E-state index >= 15 is 0 Å². The number of aliphatic hydroxyl groups excluding tert-OH is 1. The molecule has 2 atom stereocenters. The van der Waals surface area contributed by atoms with Gasteiger partial charge in [0.25, 0.3) is 5.91 Å². The van der Waals surface area contributed by atoms with Crippen molar-refractivity contribution < 1.29 is 9.90 Å². The highest BCUT2D eigenvalue weighted by Crippen LogP contribution is 2.31. The van der Waals surface area contributed by atoms with E-state index in [1.807, 2.05) is 30.3 Å². The van der Waals surface area contributed by atoms with Gasteiger partial charge in [-0.2, -0.15) is 0 Å². The van der Waals surface area contributed by atoms with Gasteiger partial charge in [-0.15, -0.1) is 5.10 Å². The quantitative estimate of drug-likeness (QED) is 0.769. The lowest BCUT2D eigenvalue weighted by molar-refractivity contribution is 0.0858. The second-order valence-electron chi connectivity index (χ2n) is 5.82. The SMILES string of the molecule is O=C(NC1c2ccccc2CC1O)c1cccc(-n2ccnn2)c1. The number of aromatic nitrogens is 3. The largest absolute Gasteiger partial charge is 0.390 e. The smallest absolute Gasteiger partial charge is 0.251 e. The molecule has 24 heavy (non-hydrogen) atoms. The van der Waals surface area contributed by atoms with Crippen LogP contribution in [0.3, 0.4) is 0 Å². The fraction of sp³-hybridized carbons (Fsp3) is 0.167. The number of hydrogen-bond donors (Lipinski definition) is 2. The second-order valence-corrected chi connectivity index (χ2v) is 5.82. The minimum absolute atomic E-state index is 0.224. The Kier molecular flexibility index (Phi) is 3.59. The van der Waals surface area contributed by atoms with Gasteiger partial charge >= 0.3 is 0 Å². The number of aliphatic hydroxyl groups is 1. The van der Waals surface area contributed by atoms with Crippen molar-refractivity contribution in [1.82, 2.24) is 20.3 Å². The Hall–Kier alpha value is -2.99. The van der Waals surface area contributed by atoms with Gasteiger partial charge in [-0.05, 0) is 29.3 Å². The molecule has 0 radical (unpaired) electrons. The number of carbonyl (C=O) groups excluding carboxylic acids is 1. The molecule has 6 heteroatoms. The molecule has 2 N–H and O–H groups in total. The average Bonchev–Trinajstić information content (AvgIpc) is 3.24. The lowest BCUT2D eigenvalue weighted by Crippen LogP contribution is -2.33. The van der Waals surface area contributed by atoms with Crippen molar-refractivity contribution in [2.45, 2.75) is 18.6 Å². The maximum Gasteiger partial charge on any atom is 0.251 e. The number of benzene rings is 2. The first kappa shape index (κ1) is 14.6. The predicted molar refractivity (Wildman–Crippen MR) is 87.7 cm³/mol. The summed E-state index contributed by atoms with van der Waals surface area (Å²) in [7, 11) is 0. The van der Waals surface area contributed by atoms with Crippen LogP contribution in [0, 0.1) is 0 Å². The molecule has 6 nitrogen and oxygen atoms in total. The van der Waals surface area contributed by atoms with Gasteiger partial charge in [0.2, 0.25) is 0 Å². The number of carbonyl (C=O) groups is 1. The van der Waals surface area contributed by atoms with Crippen LogP contribution in [-0.4, -0.2) is 32.1 Å². The molecule has 1 heterocycles. The summed E-state index contributed by atoms with van der Waals surface area (Å²) in [6.07, 6.45) is 3.25. The Morgan fingerprint density at radius 1 is 1.21 bits per heavy atom. The predicted octanol–water partition coefficient (Wildman–Crippen LogP) is 1.66. The van der Waals surface area contributed by atoms with Crippen molar-refractivity contribution in [3.05, 3.63) is 77.6 Å². The van der Waals surface area contributed by atoms with Gasteiger partial charge in [0, 0.05) is 12.0 Å². The van der Waals surface area contributed by atoms with E-state index < -0.39 is 6.10 Å². The third-order valence-electron chi connectivity index (χ3n) is 4.29. The Morgan fingerprint density at radius 3 is 2.92 bits per heavy atom. The summed E-state index contributed by atoms with van der Waals surface area (Å²) in [5.74, 6) is -0.224. The zero-order chi connectivity index (χ0) is 16.5. The van der Waals surface area contributed by atoms with Crippen LogP contribution in [0.1, 0.15) is 27.5 Å². The molecule has 120 valence electrons. The van der Waals surface area contributed by atoms with Crippen LogP contribution < -0.4 is 5.32 Å². The molecule has 0 fully saturated rings. The zero-order valence-corrected chi connectivity index (χ0v) is 12.8. The number of nitrogens with one attached hydrogen (secondary N) is 1. The highest BCUT2D eigenvalue weighted by Gasteiger charge is 2.32. The summed E-state index contributed by atoms with van der Waals surface area (Å²) >= 11 is 0. The van der Waals surface area contributed by atoms with Crippen LogP contribution >= 0.6 is 0 Å². The van der Waals surface area contributed by atoms with Crippen molar-refractivity contribution >= 4 is 5.91 Å². The van der Waals surface area contributed by atoms with Crippen LogP contribution in [0.2, 0.25) is 0 Å². The molecule has 0 spiro atoms. The van der Waals surface area contributed by atoms with E-state index in [2.05, 4.69) is 15.6 Å². The van der Waals surface area contributed by atoms with E-state index in [4.69, 9.17) is 0 Å². The van der Waals surface area contributed by atoms with E-state index in [1.54, 1.807) is 35.3 Å². The molecule has 0 saturated heterocycles. The average molecular weight is 320 g/mol. The molecule has 2 aromatic carbocycles. The lowest BCUT2D eigenvalue weighted by atomic mass is 10.1. The van der Waals surface area contributed by atoms with Gasteiger partial charge in [0.15, 0.2) is 0 Å². The molecule has 1 aliphatic rings. The Balaban J connectivity index is 1.58. The van der Waals surface area contributed by atoms with Crippen molar-refractivity contribution in [3.63, 3.8) is 0 Å². The standard InChI is InChI=1S/C18H16N4O2/c23-16-11-12-4-1-2-7-15(12)17(16)20-18(24)13-5-3-6-14(10-13)22-9-8-19-21-22/h1-10,16-17,23H,11H2,(H,20,24). The molecule has 2 unspecified atom stereocenters. The summed E-state index contributed by atoms with van der Waals surface area (Å²) in [5, 5.41) is 20.9. The van der Waals surface area contributed by atoms with Crippen molar-refractivity contribution in [3.8, 4) is 5.69 Å². The number of rotatable bonds is 3. The van der Waals surface area contributed by atoms with Crippen LogP contribution in [0.25, 0.3) is 5.69 Å². The molecule has 1 aliphatic carbocycles. The Labute approximate surface area is 138 Å². The molecule has 0 aliphatic heterocycles. The highest BCUT2D eigenvalue weighted by molar-refractivity contribution is 5.95. The highest BCUT2D eigenvalue weighted by atomic mass is 16.3. The maximum absolute atomic E-state index is 12.6. The number of hydrogen-bond acceptors (Lipinski definition) is 4. The normalized spacial score (nSPS) is 19.0. The molecule has 1 amide bonds. The summed E-state index contributed by atoms with van der Waals surface area (Å²) in [6.45, 7) is 0. The third kappa shape index (κ3) is 2.57. The van der Waals surface area contributed by atoms with Gasteiger partial charge in [-0.3, -0.25) is 4.79 Å². The molecule has 4 rings (SSSR count). The lowest BCUT2D eigenvalue weighted by Gasteiger charge is -2.18. The number of fused-ring (bicyclic) bond motifs is 1. The first-order valence-electron chi connectivity index (χ1n) is 7.76. The van der Waals surface area contributed by atoms with E-state index in [0.29, 0.717) is 12.0 Å². The molecular weight excluding hydrogens is 304 g/mol. The Morgan fingerprint density at radius 2 is 2.08 bits per heavy atom. The topological polar surface area (TPSA) is 80.0 Å². The van der Waals surface area contributed by atoms with E-state index in [0.717, 1.165) is 16.8 Å². The van der Waals surface area contributed by atoms with Gasteiger partial charge in [-0.25, -0.2) is 4.68 Å². The van der Waals surface area contributed by atoms with Crippen molar-refractivity contribution in [2.75, 3.05) is 0 Å². The van der Waals surface area contributed by atoms with Gasteiger partial charge in [0.05, 0.1) is 30.2 Å². The summed E-state index contributed by atoms with van der Waals surface area (Å²) in [6, 6.07) is 14.5. The molecule has 0 saturated carbocycles. The monoisotopic (exact) mass is 320 g/mol. The summed E-state index contributed by atoms with van der Waals surface area (Å²) in [4.78, 5) is 12.6. The third-order valence-corrected chi connectivity index (χ3v) is 4.29. The van der Waals surface area contributed by atoms with E-state index in [1.165, 1.54) is 0 Å². The minimum Gasteiger partial charge on any atom is -0.390 e. The number of nitrogens with zero attached hydrogens (tertiary/aromatic N) is 3. The van der Waals surface area contributed by atoms with E-state index in [-0.39, 0.29) is 11.9 Å². The van der Waals surface area contributed by atoms with Crippen LogP contribution in [0.5, 0.6) is 0 Å². The first-order chi connectivity index (χ1) is 11.7. The molecule has 1 aromatic heterocycles. The van der Waals surface area contributed by atoms with Crippen LogP contribution in [0.15, 0.2) is 60.9 Å². The summed E-state index contributed by atoms with van der Waals surface area (Å²) < 4.78 is 1.59. The summed E-state index contributed by atoms with van der Waals surface area (Å²) in [5.41, 5.74) is 3.32. The van der Waals surface area contributed by atoms with Crippen LogP contribution in [0.4, 0.5) is 0 Å². The number of amides is 1. The van der Waals surface area contributed by atoms with Gasteiger partial charge < -0.3 is 10.4 Å². The van der Waals surface area contributed by atoms with Gasteiger partial charge in [0.1, 0.15) is 0 Å². The van der Waals surface area contributed by atoms with Crippen LogP contribution in [-0.2, 0) is 6.42 Å². The molecular formula is C18H16N4O2. The fourth-order valence-electron chi connectivity index (χ4n) is 3.11. The fourth-order valence-corrected chi connectivity index (χ4v) is 3.11. The molecule has 0 bridgehead atoms. The second kappa shape index (κ2) is 5.90. The van der Waals surface area contributed by atoms with Gasteiger partial charge in [-0.1, -0.05) is 35.5 Å². The van der Waals surface area contributed by atoms with Crippen molar-refractivity contribution in [2.24, 2.45) is 0 Å². The zero-order valence-electron chi connectivity index (χ0n) is 12.8.